The summed E-state index contributed by atoms with van der Waals surface area (Å²) in [4.78, 5) is 1.65. The first-order chi connectivity index (χ1) is 12.2. The summed E-state index contributed by atoms with van der Waals surface area (Å²) in [5.74, 6) is 0.314. The van der Waals surface area contributed by atoms with Crippen molar-refractivity contribution in [1.82, 2.24) is 20.3 Å². The highest BCUT2D eigenvalue weighted by Gasteiger charge is 2.28. The first-order valence-corrected chi connectivity index (χ1v) is 9.05. The Kier molecular flexibility index (Phi) is 5.88. The molecule has 0 aliphatic heterocycles. The fourth-order valence-corrected chi connectivity index (χ4v) is 3.98. The smallest absolute Gasteiger partial charge is 0.0860 e. The summed E-state index contributed by atoms with van der Waals surface area (Å²) in [6.45, 7) is 0. The standard InChI is InChI=1S/C19H18Cl2N4.ClH/c1-22-19-7-5-14(12-2-6-17(20)18(21)10-12)15-4-3-13(11-16(15)19)25-23-8-9-24-25;/h2-4,6,8-11,14,19,22H,5,7H2,1H3;1H/t14-,19-;/m0./s1. The second-order valence-electron chi connectivity index (χ2n) is 6.28. The molecule has 26 heavy (non-hydrogen) atoms. The van der Waals surface area contributed by atoms with E-state index in [4.69, 9.17) is 23.2 Å². The maximum atomic E-state index is 6.24. The van der Waals surface area contributed by atoms with Crippen LogP contribution in [0.25, 0.3) is 5.69 Å². The second kappa shape index (κ2) is 7.97. The van der Waals surface area contributed by atoms with Crippen LogP contribution in [0.1, 0.15) is 41.5 Å². The van der Waals surface area contributed by atoms with Gasteiger partial charge in [-0.05, 0) is 60.8 Å². The van der Waals surface area contributed by atoms with Crippen molar-refractivity contribution in [2.24, 2.45) is 0 Å². The van der Waals surface area contributed by atoms with E-state index in [1.165, 1.54) is 16.7 Å². The molecule has 0 spiro atoms. The van der Waals surface area contributed by atoms with E-state index in [0.717, 1.165) is 18.5 Å². The van der Waals surface area contributed by atoms with Crippen LogP contribution in [0.3, 0.4) is 0 Å². The first-order valence-electron chi connectivity index (χ1n) is 8.30. The number of hydrogen-bond donors (Lipinski definition) is 1. The lowest BCUT2D eigenvalue weighted by molar-refractivity contribution is 0.470. The third-order valence-electron chi connectivity index (χ3n) is 4.91. The maximum absolute atomic E-state index is 6.24. The summed E-state index contributed by atoms with van der Waals surface area (Å²) in [5.41, 5.74) is 4.79. The fourth-order valence-electron chi connectivity index (χ4n) is 3.67. The molecular formula is C19H19Cl3N4. The van der Waals surface area contributed by atoms with Crippen molar-refractivity contribution in [3.05, 3.63) is 75.5 Å². The third kappa shape index (κ3) is 3.47. The van der Waals surface area contributed by atoms with Crippen molar-refractivity contribution in [2.45, 2.75) is 24.8 Å². The predicted octanol–water partition coefficient (Wildman–Crippen LogP) is 5.18. The highest BCUT2D eigenvalue weighted by atomic mass is 35.5. The Morgan fingerprint density at radius 2 is 1.73 bits per heavy atom. The van der Waals surface area contributed by atoms with Gasteiger partial charge in [-0.15, -0.1) is 12.4 Å². The minimum absolute atomic E-state index is 0. The molecule has 4 nitrogen and oxygen atoms in total. The number of nitrogens with zero attached hydrogens (tertiary/aromatic N) is 3. The highest BCUT2D eigenvalue weighted by Crippen LogP contribution is 2.42. The van der Waals surface area contributed by atoms with Gasteiger partial charge in [0.1, 0.15) is 0 Å². The molecule has 0 amide bonds. The molecule has 4 rings (SSSR count). The fraction of sp³-hybridized carbons (Fsp3) is 0.263. The summed E-state index contributed by atoms with van der Waals surface area (Å²) in [6.07, 6.45) is 5.50. The van der Waals surface area contributed by atoms with E-state index in [2.05, 4.69) is 39.8 Å². The summed E-state index contributed by atoms with van der Waals surface area (Å²) >= 11 is 12.3. The minimum Gasteiger partial charge on any atom is -0.313 e. The zero-order valence-corrected chi connectivity index (χ0v) is 16.5. The van der Waals surface area contributed by atoms with Crippen molar-refractivity contribution >= 4 is 35.6 Å². The molecule has 3 aromatic rings. The van der Waals surface area contributed by atoms with Crippen molar-refractivity contribution in [2.75, 3.05) is 7.05 Å². The van der Waals surface area contributed by atoms with Crippen LogP contribution in [0, 0.1) is 0 Å². The number of nitrogens with one attached hydrogen (secondary N) is 1. The molecule has 1 N–H and O–H groups in total. The molecule has 2 aromatic carbocycles. The minimum atomic E-state index is 0. The highest BCUT2D eigenvalue weighted by molar-refractivity contribution is 6.42. The Morgan fingerprint density at radius 3 is 2.42 bits per heavy atom. The van der Waals surface area contributed by atoms with E-state index in [9.17, 15) is 0 Å². The molecular weight excluding hydrogens is 391 g/mol. The van der Waals surface area contributed by atoms with Crippen LogP contribution in [0.4, 0.5) is 0 Å². The van der Waals surface area contributed by atoms with E-state index in [0.29, 0.717) is 22.0 Å². The van der Waals surface area contributed by atoms with E-state index in [1.807, 2.05) is 19.2 Å². The van der Waals surface area contributed by atoms with Gasteiger partial charge in [-0.2, -0.15) is 15.0 Å². The van der Waals surface area contributed by atoms with Gasteiger partial charge in [0.05, 0.1) is 28.1 Å². The molecule has 136 valence electrons. The lowest BCUT2D eigenvalue weighted by Crippen LogP contribution is -2.24. The summed E-state index contributed by atoms with van der Waals surface area (Å²) in [6, 6.07) is 12.7. The number of aromatic nitrogens is 3. The number of rotatable bonds is 3. The van der Waals surface area contributed by atoms with Gasteiger partial charge in [0.15, 0.2) is 0 Å². The molecule has 0 saturated heterocycles. The lowest BCUT2D eigenvalue weighted by atomic mass is 9.76. The summed E-state index contributed by atoms with van der Waals surface area (Å²) in [5, 5.41) is 13.1. The molecule has 1 heterocycles. The lowest BCUT2D eigenvalue weighted by Gasteiger charge is -2.32. The Bertz CT molecular complexity index is 896. The summed E-state index contributed by atoms with van der Waals surface area (Å²) < 4.78 is 0. The molecule has 7 heteroatoms. The van der Waals surface area contributed by atoms with Gasteiger partial charge in [0.25, 0.3) is 0 Å². The Hall–Kier alpha value is -1.59. The Morgan fingerprint density at radius 1 is 0.962 bits per heavy atom. The van der Waals surface area contributed by atoms with Crippen molar-refractivity contribution in [3.63, 3.8) is 0 Å². The van der Waals surface area contributed by atoms with Crippen molar-refractivity contribution in [3.8, 4) is 5.69 Å². The van der Waals surface area contributed by atoms with Gasteiger partial charge in [0, 0.05) is 12.0 Å². The van der Waals surface area contributed by atoms with E-state index in [1.54, 1.807) is 17.2 Å². The normalized spacial score (nSPS) is 18.9. The number of hydrogen-bond acceptors (Lipinski definition) is 3. The predicted molar refractivity (Wildman–Crippen MR) is 108 cm³/mol. The van der Waals surface area contributed by atoms with E-state index in [-0.39, 0.29) is 12.4 Å². The molecule has 0 unspecified atom stereocenters. The molecule has 1 aromatic heterocycles. The molecule has 0 radical (unpaired) electrons. The van der Waals surface area contributed by atoms with Crippen LogP contribution in [0.5, 0.6) is 0 Å². The van der Waals surface area contributed by atoms with Gasteiger partial charge in [-0.3, -0.25) is 0 Å². The molecule has 0 bridgehead atoms. The molecule has 1 aliphatic carbocycles. The first kappa shape index (κ1) is 19.2. The second-order valence-corrected chi connectivity index (χ2v) is 7.09. The maximum Gasteiger partial charge on any atom is 0.0860 e. The van der Waals surface area contributed by atoms with Gasteiger partial charge in [-0.1, -0.05) is 35.3 Å². The average molecular weight is 410 g/mol. The van der Waals surface area contributed by atoms with Gasteiger partial charge in [0.2, 0.25) is 0 Å². The van der Waals surface area contributed by atoms with E-state index < -0.39 is 0 Å². The average Bonchev–Trinajstić information content (AvgIpc) is 3.17. The molecule has 0 fully saturated rings. The van der Waals surface area contributed by atoms with Crippen LogP contribution < -0.4 is 5.32 Å². The topological polar surface area (TPSA) is 42.7 Å². The van der Waals surface area contributed by atoms with Crippen molar-refractivity contribution < 1.29 is 0 Å². The van der Waals surface area contributed by atoms with Crippen molar-refractivity contribution in [1.29, 1.82) is 0 Å². The largest absolute Gasteiger partial charge is 0.313 e. The molecule has 0 saturated carbocycles. The number of halogens is 3. The molecule has 1 aliphatic rings. The third-order valence-corrected chi connectivity index (χ3v) is 5.65. The SMILES string of the molecule is CN[C@H]1CC[C@@H](c2ccc(Cl)c(Cl)c2)c2ccc(-n3nccn3)cc21.Cl. The zero-order chi connectivity index (χ0) is 17.4. The monoisotopic (exact) mass is 408 g/mol. The number of benzene rings is 2. The van der Waals surface area contributed by atoms with Crippen LogP contribution in [-0.4, -0.2) is 22.0 Å². The van der Waals surface area contributed by atoms with Crippen LogP contribution in [0.15, 0.2) is 48.8 Å². The van der Waals surface area contributed by atoms with Gasteiger partial charge in [-0.25, -0.2) is 0 Å². The number of fused-ring (bicyclic) bond motifs is 1. The van der Waals surface area contributed by atoms with Crippen LogP contribution >= 0.6 is 35.6 Å². The molecule has 2 atom stereocenters. The van der Waals surface area contributed by atoms with Gasteiger partial charge < -0.3 is 5.32 Å². The Labute approximate surface area is 168 Å². The van der Waals surface area contributed by atoms with E-state index >= 15 is 0 Å². The van der Waals surface area contributed by atoms with Gasteiger partial charge >= 0.3 is 0 Å². The summed E-state index contributed by atoms with van der Waals surface area (Å²) in [7, 11) is 2.01. The quantitative estimate of drug-likeness (QED) is 0.648. The van der Waals surface area contributed by atoms with Crippen LogP contribution in [0.2, 0.25) is 10.0 Å². The Balaban J connectivity index is 0.00000196. The van der Waals surface area contributed by atoms with Crippen LogP contribution in [-0.2, 0) is 0 Å². The zero-order valence-electron chi connectivity index (χ0n) is 14.2.